The average Bonchev–Trinajstić information content (AvgIpc) is 3.10. The number of hydrogen-bond acceptors (Lipinski definition) is 4. The number of ether oxygens (including phenoxy) is 1. The number of fused-ring (bicyclic) bond motifs is 1. The van der Waals surface area contributed by atoms with Crippen molar-refractivity contribution in [2.45, 2.75) is 25.9 Å². The summed E-state index contributed by atoms with van der Waals surface area (Å²) in [5.74, 6) is -0.265. The van der Waals surface area contributed by atoms with E-state index in [1.165, 1.54) is 23.9 Å². The lowest BCUT2D eigenvalue weighted by Crippen LogP contribution is -2.32. The van der Waals surface area contributed by atoms with Crippen LogP contribution in [0.1, 0.15) is 45.1 Å². The molecular weight excluding hydrogens is 363 g/mol. The summed E-state index contributed by atoms with van der Waals surface area (Å²) in [4.78, 5) is 25.0. The van der Waals surface area contributed by atoms with Crippen LogP contribution in [0.4, 0.5) is 4.39 Å². The molecule has 2 aromatic rings. The van der Waals surface area contributed by atoms with Crippen molar-refractivity contribution in [3.63, 3.8) is 0 Å². The molecule has 1 aromatic heterocycles. The second-order valence-electron chi connectivity index (χ2n) is 7.43. The van der Waals surface area contributed by atoms with Gasteiger partial charge in [-0.25, -0.2) is 4.39 Å². The van der Waals surface area contributed by atoms with E-state index in [4.69, 9.17) is 4.74 Å². The van der Waals surface area contributed by atoms with Gasteiger partial charge in [0.05, 0.1) is 19.3 Å². The molecule has 7 nitrogen and oxygen atoms in total. The predicted octanol–water partition coefficient (Wildman–Crippen LogP) is 1.67. The minimum atomic E-state index is -0.420. The predicted molar refractivity (Wildman–Crippen MR) is 99.6 cm³/mol. The molecule has 0 spiro atoms. The van der Waals surface area contributed by atoms with Crippen LogP contribution < -0.4 is 10.6 Å². The SMILES string of the molecule is CNC(=O)c1cc(C(=O)N[C@H]2[C@@H]3COC[C@@H]32)n([C@@H](C)c2cccc(F)c2C)n1. The number of halogens is 1. The van der Waals surface area contributed by atoms with Gasteiger partial charge in [0.1, 0.15) is 11.5 Å². The van der Waals surface area contributed by atoms with E-state index in [1.807, 2.05) is 6.92 Å². The molecule has 2 heterocycles. The minimum Gasteiger partial charge on any atom is -0.381 e. The third kappa shape index (κ3) is 3.07. The molecule has 2 aliphatic rings. The van der Waals surface area contributed by atoms with Crippen molar-refractivity contribution in [3.05, 3.63) is 52.6 Å². The lowest BCUT2D eigenvalue weighted by atomic mass is 10.0. The van der Waals surface area contributed by atoms with Crippen LogP contribution in [-0.4, -0.2) is 47.9 Å². The average molecular weight is 386 g/mol. The topological polar surface area (TPSA) is 85.3 Å². The number of amides is 2. The van der Waals surface area contributed by atoms with E-state index in [2.05, 4.69) is 15.7 Å². The summed E-state index contributed by atoms with van der Waals surface area (Å²) >= 11 is 0. The Morgan fingerprint density at radius 2 is 2.00 bits per heavy atom. The summed E-state index contributed by atoms with van der Waals surface area (Å²) in [6.45, 7) is 4.85. The van der Waals surface area contributed by atoms with Crippen LogP contribution in [-0.2, 0) is 4.74 Å². The van der Waals surface area contributed by atoms with Crippen LogP contribution in [0.25, 0.3) is 0 Å². The van der Waals surface area contributed by atoms with Crippen LogP contribution in [0, 0.1) is 24.6 Å². The van der Waals surface area contributed by atoms with Crippen LogP contribution in [0.15, 0.2) is 24.3 Å². The van der Waals surface area contributed by atoms with Gasteiger partial charge in [0.15, 0.2) is 5.69 Å². The first-order chi connectivity index (χ1) is 13.4. The van der Waals surface area contributed by atoms with Gasteiger partial charge in [-0.15, -0.1) is 0 Å². The number of carbonyl (C=O) groups excluding carboxylic acids is 2. The Morgan fingerprint density at radius 3 is 2.68 bits per heavy atom. The van der Waals surface area contributed by atoms with Crippen molar-refractivity contribution in [1.29, 1.82) is 0 Å². The minimum absolute atomic E-state index is 0.0965. The molecule has 2 amide bonds. The number of carbonyl (C=O) groups is 2. The maximum atomic E-state index is 14.0. The van der Waals surface area contributed by atoms with Gasteiger partial charge in [-0.2, -0.15) is 5.10 Å². The number of hydrogen-bond donors (Lipinski definition) is 2. The lowest BCUT2D eigenvalue weighted by Gasteiger charge is -2.18. The fourth-order valence-corrected chi connectivity index (χ4v) is 3.99. The molecule has 1 aromatic carbocycles. The first kappa shape index (κ1) is 18.6. The fourth-order valence-electron chi connectivity index (χ4n) is 3.99. The highest BCUT2D eigenvalue weighted by molar-refractivity contribution is 5.98. The standard InChI is InChI=1S/C20H23FN4O3/c1-10-12(5-4-6-15(10)21)11(2)25-17(7-16(24-25)19(26)22-3)20(27)23-18-13-8-28-9-14(13)18/h4-7,11,13-14,18H,8-9H2,1-3H3,(H,22,26)(H,23,27)/t11-,13-,14+,18+/m0/s1. The monoisotopic (exact) mass is 386 g/mol. The highest BCUT2D eigenvalue weighted by Crippen LogP contribution is 2.44. The molecule has 0 bridgehead atoms. The zero-order valence-electron chi connectivity index (χ0n) is 16.0. The molecular formula is C20H23FN4O3. The summed E-state index contributed by atoms with van der Waals surface area (Å²) in [5.41, 5.74) is 1.62. The molecule has 4 rings (SSSR count). The largest absolute Gasteiger partial charge is 0.381 e. The smallest absolute Gasteiger partial charge is 0.271 e. The van der Waals surface area contributed by atoms with Crippen LogP contribution >= 0.6 is 0 Å². The molecule has 8 heteroatoms. The van der Waals surface area contributed by atoms with Gasteiger partial charge in [0.2, 0.25) is 0 Å². The molecule has 28 heavy (non-hydrogen) atoms. The van der Waals surface area contributed by atoms with E-state index in [-0.39, 0.29) is 35.1 Å². The molecule has 1 saturated heterocycles. The van der Waals surface area contributed by atoms with Gasteiger partial charge in [0.25, 0.3) is 11.8 Å². The lowest BCUT2D eigenvalue weighted by molar-refractivity contribution is 0.0915. The highest BCUT2D eigenvalue weighted by Gasteiger charge is 2.55. The number of nitrogens with zero attached hydrogens (tertiary/aromatic N) is 2. The summed E-state index contributed by atoms with van der Waals surface area (Å²) in [6.07, 6.45) is 0. The first-order valence-corrected chi connectivity index (χ1v) is 9.37. The number of aromatic nitrogens is 2. The molecule has 4 atom stereocenters. The third-order valence-corrected chi connectivity index (χ3v) is 5.80. The van der Waals surface area contributed by atoms with Gasteiger partial charge in [-0.3, -0.25) is 14.3 Å². The molecule has 2 N–H and O–H groups in total. The quantitative estimate of drug-likeness (QED) is 0.819. The summed E-state index contributed by atoms with van der Waals surface area (Å²) in [6, 6.07) is 5.98. The van der Waals surface area contributed by atoms with E-state index >= 15 is 0 Å². The Balaban J connectivity index is 1.66. The maximum absolute atomic E-state index is 14.0. The summed E-state index contributed by atoms with van der Waals surface area (Å²) < 4.78 is 20.9. The zero-order valence-corrected chi connectivity index (χ0v) is 16.0. The summed E-state index contributed by atoms with van der Waals surface area (Å²) in [5, 5.41) is 9.90. The third-order valence-electron chi connectivity index (χ3n) is 5.80. The van der Waals surface area contributed by atoms with Crippen molar-refractivity contribution in [2.75, 3.05) is 20.3 Å². The van der Waals surface area contributed by atoms with Gasteiger partial charge in [-0.1, -0.05) is 12.1 Å². The molecule has 2 fully saturated rings. The number of nitrogens with one attached hydrogen (secondary N) is 2. The second-order valence-corrected chi connectivity index (χ2v) is 7.43. The molecule has 1 aliphatic heterocycles. The van der Waals surface area contributed by atoms with Crippen LogP contribution in [0.2, 0.25) is 0 Å². The van der Waals surface area contributed by atoms with Gasteiger partial charge >= 0.3 is 0 Å². The Hall–Kier alpha value is -2.74. The Kier molecular flexibility index (Phi) is 4.66. The van der Waals surface area contributed by atoms with Gasteiger partial charge < -0.3 is 15.4 Å². The molecule has 148 valence electrons. The number of rotatable bonds is 5. The Bertz CT molecular complexity index is 932. The van der Waals surface area contributed by atoms with Crippen LogP contribution in [0.5, 0.6) is 0 Å². The van der Waals surface area contributed by atoms with Crippen molar-refractivity contribution in [1.82, 2.24) is 20.4 Å². The van der Waals surface area contributed by atoms with Crippen LogP contribution in [0.3, 0.4) is 0 Å². The van der Waals surface area contributed by atoms with Crippen molar-refractivity contribution in [3.8, 4) is 0 Å². The van der Waals surface area contributed by atoms with E-state index < -0.39 is 6.04 Å². The maximum Gasteiger partial charge on any atom is 0.271 e. The van der Waals surface area contributed by atoms with E-state index in [1.54, 1.807) is 19.1 Å². The molecule has 0 unspecified atom stereocenters. The van der Waals surface area contributed by atoms with Crippen molar-refractivity contribution >= 4 is 11.8 Å². The molecule has 1 saturated carbocycles. The second kappa shape index (κ2) is 7.01. The van der Waals surface area contributed by atoms with Crippen molar-refractivity contribution < 1.29 is 18.7 Å². The van der Waals surface area contributed by atoms with E-state index in [0.717, 1.165) is 0 Å². The number of benzene rings is 1. The normalized spacial score (nSPS) is 23.8. The van der Waals surface area contributed by atoms with E-state index in [0.29, 0.717) is 36.2 Å². The Morgan fingerprint density at radius 1 is 1.29 bits per heavy atom. The fraction of sp³-hybridized carbons (Fsp3) is 0.450. The zero-order chi connectivity index (χ0) is 20.0. The molecule has 0 radical (unpaired) electrons. The molecule has 1 aliphatic carbocycles. The van der Waals surface area contributed by atoms with E-state index in [9.17, 15) is 14.0 Å². The summed E-state index contributed by atoms with van der Waals surface area (Å²) in [7, 11) is 1.51. The highest BCUT2D eigenvalue weighted by atomic mass is 19.1. The van der Waals surface area contributed by atoms with Gasteiger partial charge in [-0.05, 0) is 31.0 Å². The van der Waals surface area contributed by atoms with Gasteiger partial charge in [0, 0.05) is 31.0 Å². The Labute approximate surface area is 162 Å². The first-order valence-electron chi connectivity index (χ1n) is 9.37. The van der Waals surface area contributed by atoms with Crippen molar-refractivity contribution in [2.24, 2.45) is 11.8 Å².